The summed E-state index contributed by atoms with van der Waals surface area (Å²) in [6, 6.07) is 11.4. The number of nitrogens with zero attached hydrogens (tertiary/aromatic N) is 5. The first-order chi connectivity index (χ1) is 20.8. The molecule has 11 heteroatoms. The van der Waals surface area contributed by atoms with Gasteiger partial charge in [0.2, 0.25) is 11.8 Å². The van der Waals surface area contributed by atoms with Crippen molar-refractivity contribution in [3.63, 3.8) is 0 Å². The lowest BCUT2D eigenvalue weighted by Gasteiger charge is -2.37. The molecule has 3 aromatic rings. The summed E-state index contributed by atoms with van der Waals surface area (Å²) in [5.74, 6) is 4.85. The maximum Gasteiger partial charge on any atom is 0.233 e. The number of nitrogens with one attached hydrogen (secondary N) is 1. The Bertz CT molecular complexity index is 1460. The number of hydrogen-bond acceptors (Lipinski definition) is 8. The quantitative estimate of drug-likeness (QED) is 0.269. The Morgan fingerprint density at radius 3 is 2.44 bits per heavy atom. The van der Waals surface area contributed by atoms with Gasteiger partial charge in [0.25, 0.3) is 0 Å². The van der Waals surface area contributed by atoms with Crippen molar-refractivity contribution in [3.05, 3.63) is 42.0 Å². The van der Waals surface area contributed by atoms with Gasteiger partial charge in [-0.25, -0.2) is 18.5 Å². The van der Waals surface area contributed by atoms with E-state index in [1.165, 1.54) is 24.2 Å². The molecule has 0 spiro atoms. The molecule has 2 aliphatic rings. The second-order valence-electron chi connectivity index (χ2n) is 11.6. The summed E-state index contributed by atoms with van der Waals surface area (Å²) in [5.41, 5.74) is 1.67. The van der Waals surface area contributed by atoms with Crippen LogP contribution in [-0.2, 0) is 14.5 Å². The van der Waals surface area contributed by atoms with Crippen LogP contribution in [-0.4, -0.2) is 99.5 Å². The second kappa shape index (κ2) is 14.5. The maximum absolute atomic E-state index is 14.0. The average molecular weight is 627 g/mol. The number of fused-ring (bicyclic) bond motifs is 1. The number of thiazole rings is 1. The van der Waals surface area contributed by atoms with Crippen molar-refractivity contribution in [2.24, 2.45) is 5.92 Å². The average Bonchev–Trinajstić information content (AvgIpc) is 3.69. The van der Waals surface area contributed by atoms with Crippen molar-refractivity contribution >= 4 is 48.3 Å². The van der Waals surface area contributed by atoms with Crippen LogP contribution in [0.5, 0.6) is 5.88 Å². The highest BCUT2D eigenvalue weighted by atomic mass is 32.2. The summed E-state index contributed by atoms with van der Waals surface area (Å²) in [7, 11) is -1.03. The highest BCUT2D eigenvalue weighted by molar-refractivity contribution is 7.98. The molecule has 2 unspecified atom stereocenters. The van der Waals surface area contributed by atoms with Crippen LogP contribution in [0.15, 0.2) is 41.3 Å². The minimum atomic E-state index is -2.61. The molecule has 1 saturated heterocycles. The molecule has 2 fully saturated rings. The van der Waals surface area contributed by atoms with Crippen LogP contribution < -0.4 is 10.1 Å². The Labute approximate surface area is 260 Å². The van der Waals surface area contributed by atoms with Crippen LogP contribution >= 0.6 is 11.3 Å². The first-order valence-electron chi connectivity index (χ1n) is 15.6. The smallest absolute Gasteiger partial charge is 0.233 e. The number of carbonyl (C=O) groups is 1. The topological polar surface area (TPSA) is 90.9 Å². The van der Waals surface area contributed by atoms with Gasteiger partial charge in [0.05, 0.1) is 22.7 Å². The van der Waals surface area contributed by atoms with E-state index >= 15 is 0 Å². The molecule has 2 aromatic heterocycles. The first kappa shape index (κ1) is 31.8. The molecule has 1 aliphatic carbocycles. The Morgan fingerprint density at radius 1 is 1.09 bits per heavy atom. The van der Waals surface area contributed by atoms with E-state index in [0.29, 0.717) is 16.9 Å². The molecule has 43 heavy (non-hydrogen) atoms. The Balaban J connectivity index is 1.26. The highest BCUT2D eigenvalue weighted by Crippen LogP contribution is 2.36. The lowest BCUT2D eigenvalue weighted by molar-refractivity contribution is -0.118. The zero-order valence-corrected chi connectivity index (χ0v) is 27.4. The first-order valence-corrected chi connectivity index (χ1v) is 18.1. The third-order valence-electron chi connectivity index (χ3n) is 9.06. The van der Waals surface area contributed by atoms with Gasteiger partial charge in [0.1, 0.15) is 10.3 Å². The van der Waals surface area contributed by atoms with Gasteiger partial charge in [0, 0.05) is 50.2 Å². The van der Waals surface area contributed by atoms with E-state index in [-0.39, 0.29) is 11.8 Å². The molecule has 1 aliphatic heterocycles. The monoisotopic (exact) mass is 626 g/mol. The van der Waals surface area contributed by atoms with Crippen molar-refractivity contribution in [1.82, 2.24) is 24.1 Å². The molecule has 1 amide bonds. The van der Waals surface area contributed by atoms with Crippen LogP contribution in [0.3, 0.4) is 0 Å². The number of anilines is 1. The molecule has 1 saturated carbocycles. The number of aromatic nitrogens is 2. The molecule has 2 atom stereocenters. The largest absolute Gasteiger partial charge is 0.481 e. The maximum atomic E-state index is 14.0. The minimum absolute atomic E-state index is 0.0677. The van der Waals surface area contributed by atoms with Crippen molar-refractivity contribution in [2.45, 2.75) is 56.8 Å². The second-order valence-corrected chi connectivity index (χ2v) is 14.9. The van der Waals surface area contributed by atoms with Gasteiger partial charge in [-0.2, -0.15) is 0 Å². The SMILES string of the molecule is C=S(=O)(c1ccc(C(CC2CCCC2)C(=O)Nc2nc3ccc(OC)nc3s2)cc1)N1CCN(CCN(CC)CC)CC1. The number of hydrogen-bond donors (Lipinski definition) is 1. The molecule has 5 rings (SSSR count). The predicted octanol–water partition coefficient (Wildman–Crippen LogP) is 4.95. The fraction of sp³-hybridized carbons (Fsp3) is 0.562. The number of likely N-dealkylation sites (N-methyl/N-ethyl adjacent to an activating group) is 1. The van der Waals surface area contributed by atoms with E-state index < -0.39 is 9.71 Å². The third kappa shape index (κ3) is 7.75. The van der Waals surface area contributed by atoms with Gasteiger partial charge >= 0.3 is 0 Å². The summed E-state index contributed by atoms with van der Waals surface area (Å²) in [6.45, 7) is 11.9. The van der Waals surface area contributed by atoms with E-state index in [9.17, 15) is 9.00 Å². The number of amides is 1. The summed E-state index contributed by atoms with van der Waals surface area (Å²) in [5, 5.41) is 3.60. The van der Waals surface area contributed by atoms with Crippen molar-refractivity contribution < 1.29 is 13.7 Å². The van der Waals surface area contributed by atoms with Crippen LogP contribution in [0.1, 0.15) is 57.4 Å². The number of carbonyl (C=O) groups excluding carboxylic acids is 1. The summed E-state index contributed by atoms with van der Waals surface area (Å²) >= 11 is 1.35. The Kier molecular flexibility index (Phi) is 10.7. The van der Waals surface area contributed by atoms with Gasteiger partial charge in [-0.05, 0) is 55.1 Å². The number of ether oxygens (including phenoxy) is 1. The van der Waals surface area contributed by atoms with E-state index in [1.807, 2.05) is 34.6 Å². The minimum Gasteiger partial charge on any atom is -0.481 e. The molecule has 9 nitrogen and oxygen atoms in total. The van der Waals surface area contributed by atoms with E-state index in [4.69, 9.17) is 4.74 Å². The Hall–Kier alpha value is -2.57. The number of pyridine rings is 1. The zero-order valence-electron chi connectivity index (χ0n) is 25.8. The fourth-order valence-corrected chi connectivity index (χ4v) is 8.71. The number of methoxy groups -OCH3 is 1. The Morgan fingerprint density at radius 2 is 1.79 bits per heavy atom. The van der Waals surface area contributed by atoms with Gasteiger partial charge in [-0.15, -0.1) is 0 Å². The van der Waals surface area contributed by atoms with Gasteiger partial charge < -0.3 is 15.0 Å². The van der Waals surface area contributed by atoms with Crippen LogP contribution in [0.25, 0.3) is 10.3 Å². The molecular formula is C32H46N6O3S2. The summed E-state index contributed by atoms with van der Waals surface area (Å²) < 4.78 is 21.2. The lowest BCUT2D eigenvalue weighted by Crippen LogP contribution is -2.50. The van der Waals surface area contributed by atoms with Crippen molar-refractivity contribution in [3.8, 4) is 5.88 Å². The molecule has 0 radical (unpaired) electrons. The summed E-state index contributed by atoms with van der Waals surface area (Å²) in [4.78, 5) is 29.1. The van der Waals surface area contributed by atoms with Crippen molar-refractivity contribution in [2.75, 3.05) is 64.8 Å². The van der Waals surface area contributed by atoms with E-state index in [2.05, 4.69) is 44.8 Å². The molecule has 1 N–H and O–H groups in total. The molecule has 3 heterocycles. The summed E-state index contributed by atoms with van der Waals surface area (Å²) in [6.07, 6.45) is 5.53. The molecule has 0 bridgehead atoms. The van der Waals surface area contributed by atoms with Gasteiger partial charge in [0.15, 0.2) is 5.13 Å². The number of rotatable bonds is 13. The third-order valence-corrected chi connectivity index (χ3v) is 12.1. The van der Waals surface area contributed by atoms with E-state index in [1.54, 1.807) is 13.2 Å². The zero-order chi connectivity index (χ0) is 30.4. The highest BCUT2D eigenvalue weighted by Gasteiger charge is 2.29. The van der Waals surface area contributed by atoms with Crippen LogP contribution in [0.2, 0.25) is 0 Å². The predicted molar refractivity (Wildman–Crippen MR) is 178 cm³/mol. The van der Waals surface area contributed by atoms with Crippen LogP contribution in [0, 0.1) is 5.92 Å². The number of benzene rings is 1. The van der Waals surface area contributed by atoms with E-state index in [0.717, 1.165) is 92.4 Å². The lowest BCUT2D eigenvalue weighted by atomic mass is 9.87. The van der Waals surface area contributed by atoms with Gasteiger partial charge in [-0.3, -0.25) is 9.69 Å². The fourth-order valence-electron chi connectivity index (χ4n) is 6.27. The standard InChI is InChI=1S/C32H46N6O3S2/c1-5-36(6-2)17-18-37-19-21-38(22-20-37)43(4,40)26-13-11-25(12-14-26)27(23-24-9-7-8-10-24)30(39)35-32-33-28-15-16-29(41-3)34-31(28)42-32/h11-16,24,27H,4-10,17-23H2,1-3H3,(H,33,35,39). The normalized spacial score (nSPS) is 19.1. The molecule has 1 aromatic carbocycles. The van der Waals surface area contributed by atoms with Crippen LogP contribution in [0.4, 0.5) is 5.13 Å². The number of piperazine rings is 1. The molecule has 234 valence electrons. The van der Waals surface area contributed by atoms with Crippen molar-refractivity contribution in [1.29, 1.82) is 0 Å². The molecular weight excluding hydrogens is 581 g/mol. The van der Waals surface area contributed by atoms with Gasteiger partial charge in [-0.1, -0.05) is 63.0 Å².